The van der Waals surface area contributed by atoms with Gasteiger partial charge in [0.05, 0.1) is 26.4 Å². The molecule has 6 rings (SSSR count). The molecular formula is C39H59N5O6. The molecule has 3 aliphatic carbocycles. The summed E-state index contributed by atoms with van der Waals surface area (Å²) in [5.74, 6) is 1.18. The Balaban J connectivity index is 1.45. The molecule has 1 aliphatic heterocycles. The van der Waals surface area contributed by atoms with Crippen molar-refractivity contribution in [2.75, 3.05) is 66.9 Å². The van der Waals surface area contributed by atoms with Crippen LogP contribution in [0, 0.1) is 29.1 Å². The number of benzene rings is 2. The van der Waals surface area contributed by atoms with Gasteiger partial charge in [-0.1, -0.05) is 39.0 Å². The molecule has 1 saturated heterocycles. The Morgan fingerprint density at radius 1 is 1.10 bits per heavy atom. The SMILES string of the molecule is COc1c(CN2O[C@@H](CO)[C@@H]([C@H](C)O)[C@H]2C(=O)N[C@H]2C[C@H]3C[C@@H]([C@@H]2C)C3(C)C)cccc1-c1cc(C(=O)N(C)CCN(C)C)cc(N(C)C)c1. The van der Waals surface area contributed by atoms with Gasteiger partial charge in [-0.05, 0) is 80.8 Å². The maximum absolute atomic E-state index is 14.2. The molecule has 0 spiro atoms. The first-order valence-corrected chi connectivity index (χ1v) is 18.0. The second kappa shape index (κ2) is 15.2. The highest BCUT2D eigenvalue weighted by molar-refractivity contribution is 5.97. The molecule has 2 aromatic rings. The molecule has 11 nitrogen and oxygen atoms in total. The highest BCUT2D eigenvalue weighted by Crippen LogP contribution is 2.61. The molecule has 2 aromatic carbocycles. The van der Waals surface area contributed by atoms with Gasteiger partial charge in [0.25, 0.3) is 5.91 Å². The number of likely N-dealkylation sites (N-methyl/N-ethyl adjacent to an activating group) is 2. The minimum atomic E-state index is -0.891. The number of hydroxylamine groups is 2. The number of anilines is 1. The van der Waals surface area contributed by atoms with Gasteiger partial charge in [0.2, 0.25) is 5.91 Å². The Labute approximate surface area is 298 Å². The minimum absolute atomic E-state index is 0.0459. The summed E-state index contributed by atoms with van der Waals surface area (Å²) in [6.45, 7) is 9.76. The van der Waals surface area contributed by atoms with Crippen LogP contribution in [0.15, 0.2) is 36.4 Å². The zero-order chi connectivity index (χ0) is 36.7. The number of aliphatic hydroxyl groups excluding tert-OH is 2. The third kappa shape index (κ3) is 7.39. The van der Waals surface area contributed by atoms with Crippen LogP contribution in [-0.4, -0.2) is 123 Å². The highest BCUT2D eigenvalue weighted by Gasteiger charge is 2.57. The zero-order valence-corrected chi connectivity index (χ0v) is 31.6. The normalized spacial score (nSPS) is 27.8. The van der Waals surface area contributed by atoms with Gasteiger partial charge in [-0.15, -0.1) is 0 Å². The van der Waals surface area contributed by atoms with E-state index < -0.39 is 24.2 Å². The second-order valence-corrected chi connectivity index (χ2v) is 15.9. The number of rotatable bonds is 13. The Morgan fingerprint density at radius 3 is 2.40 bits per heavy atom. The number of para-hydroxylation sites is 1. The van der Waals surface area contributed by atoms with Crippen LogP contribution in [0.3, 0.4) is 0 Å². The van der Waals surface area contributed by atoms with E-state index in [4.69, 9.17) is 9.57 Å². The molecule has 3 saturated carbocycles. The minimum Gasteiger partial charge on any atom is -0.496 e. The third-order valence-electron chi connectivity index (χ3n) is 11.9. The number of hydrogen-bond acceptors (Lipinski definition) is 9. The van der Waals surface area contributed by atoms with Gasteiger partial charge in [-0.3, -0.25) is 14.4 Å². The van der Waals surface area contributed by atoms with E-state index in [0.717, 1.165) is 35.3 Å². The number of carbonyl (C=O) groups excluding carboxylic acids is 2. The standard InChI is InChI=1S/C39H59N5O6/c1-23-31-19-28(39(31,3)4)20-32(23)40-37(47)35-34(24(2)46)33(22-45)50-44(35)21-25-12-11-13-30(36(25)49-10)26-16-27(18-29(17-26)42(7)8)38(48)43(9)15-14-41(5)6/h11-13,16-18,23-24,28,31-35,45-46H,14-15,19-22H2,1-10H3,(H,40,47)/t23-,24-,28+,31-,32-,33-,34+,35-/m0/s1. The first-order valence-electron chi connectivity index (χ1n) is 18.0. The lowest BCUT2D eigenvalue weighted by Crippen LogP contribution is -2.62. The summed E-state index contributed by atoms with van der Waals surface area (Å²) in [5, 5.41) is 26.2. The van der Waals surface area contributed by atoms with Crippen LogP contribution < -0.4 is 15.0 Å². The number of ether oxygens (including phenoxy) is 1. The summed E-state index contributed by atoms with van der Waals surface area (Å²) in [6, 6.07) is 10.9. The first kappa shape index (κ1) is 38.0. The third-order valence-corrected chi connectivity index (χ3v) is 11.9. The molecule has 50 heavy (non-hydrogen) atoms. The smallest absolute Gasteiger partial charge is 0.253 e. The number of hydrogen-bond donors (Lipinski definition) is 3. The van der Waals surface area contributed by atoms with Gasteiger partial charge in [-0.25, -0.2) is 0 Å². The molecular weight excluding hydrogens is 634 g/mol. The zero-order valence-electron chi connectivity index (χ0n) is 31.6. The Morgan fingerprint density at radius 2 is 1.82 bits per heavy atom. The quantitative estimate of drug-likeness (QED) is 0.289. The van der Waals surface area contributed by atoms with E-state index in [1.165, 1.54) is 6.42 Å². The van der Waals surface area contributed by atoms with Crippen LogP contribution in [0.4, 0.5) is 5.69 Å². The van der Waals surface area contributed by atoms with Crippen molar-refractivity contribution in [1.82, 2.24) is 20.2 Å². The molecule has 4 aliphatic rings. The van der Waals surface area contributed by atoms with Gasteiger partial charge in [-0.2, -0.15) is 5.06 Å². The average molecular weight is 694 g/mol. The van der Waals surface area contributed by atoms with Crippen molar-refractivity contribution in [3.8, 4) is 16.9 Å². The molecule has 276 valence electrons. The summed E-state index contributed by atoms with van der Waals surface area (Å²) in [7, 11) is 11.3. The van der Waals surface area contributed by atoms with Crippen molar-refractivity contribution in [2.45, 2.75) is 71.4 Å². The van der Waals surface area contributed by atoms with Gasteiger partial charge in [0.1, 0.15) is 17.9 Å². The van der Waals surface area contributed by atoms with Crippen molar-refractivity contribution in [2.24, 2.45) is 29.1 Å². The molecule has 4 fully saturated rings. The van der Waals surface area contributed by atoms with Crippen LogP contribution >= 0.6 is 0 Å². The van der Waals surface area contributed by atoms with E-state index in [2.05, 4.69) is 26.1 Å². The van der Waals surface area contributed by atoms with E-state index in [0.29, 0.717) is 35.6 Å². The number of aliphatic hydroxyl groups is 2. The topological polar surface area (TPSA) is 118 Å². The summed E-state index contributed by atoms with van der Waals surface area (Å²) >= 11 is 0. The number of fused-ring (bicyclic) bond motifs is 2. The lowest BCUT2D eigenvalue weighted by Gasteiger charge is -2.62. The summed E-state index contributed by atoms with van der Waals surface area (Å²) in [5.41, 5.74) is 4.12. The van der Waals surface area contributed by atoms with Crippen molar-refractivity contribution in [3.63, 3.8) is 0 Å². The van der Waals surface area contributed by atoms with E-state index >= 15 is 0 Å². The fourth-order valence-electron chi connectivity index (χ4n) is 8.65. The Kier molecular flexibility index (Phi) is 11.5. The molecule has 0 aromatic heterocycles. The summed E-state index contributed by atoms with van der Waals surface area (Å²) < 4.78 is 6.05. The predicted molar refractivity (Wildman–Crippen MR) is 196 cm³/mol. The largest absolute Gasteiger partial charge is 0.496 e. The lowest BCUT2D eigenvalue weighted by molar-refractivity contribution is -0.183. The fraction of sp³-hybridized carbons (Fsp3) is 0.641. The van der Waals surface area contributed by atoms with Crippen molar-refractivity contribution >= 4 is 17.5 Å². The molecule has 2 amide bonds. The molecule has 3 N–H and O–H groups in total. The molecule has 1 heterocycles. The molecule has 11 heteroatoms. The Hall–Kier alpha value is -3.22. The van der Waals surface area contributed by atoms with Gasteiger partial charge < -0.3 is 35.0 Å². The first-order chi connectivity index (χ1) is 23.6. The van der Waals surface area contributed by atoms with Gasteiger partial charge >= 0.3 is 0 Å². The molecule has 0 radical (unpaired) electrons. The number of nitrogens with zero attached hydrogens (tertiary/aromatic N) is 4. The van der Waals surface area contributed by atoms with Crippen molar-refractivity contribution < 1.29 is 29.4 Å². The number of amides is 2. The van der Waals surface area contributed by atoms with Gasteiger partial charge in [0.15, 0.2) is 0 Å². The molecule has 2 bridgehead atoms. The van der Waals surface area contributed by atoms with E-state index in [9.17, 15) is 19.8 Å². The van der Waals surface area contributed by atoms with Crippen LogP contribution in [0.5, 0.6) is 5.75 Å². The number of methoxy groups -OCH3 is 1. The van der Waals surface area contributed by atoms with Crippen molar-refractivity contribution in [3.05, 3.63) is 47.5 Å². The maximum Gasteiger partial charge on any atom is 0.253 e. The number of carbonyl (C=O) groups is 2. The van der Waals surface area contributed by atoms with E-state index in [1.807, 2.05) is 81.4 Å². The molecule has 0 unspecified atom stereocenters. The maximum atomic E-state index is 14.2. The average Bonchev–Trinajstić information content (AvgIpc) is 3.45. The lowest BCUT2D eigenvalue weighted by atomic mass is 9.45. The second-order valence-electron chi connectivity index (χ2n) is 15.9. The van der Waals surface area contributed by atoms with Crippen molar-refractivity contribution in [1.29, 1.82) is 0 Å². The van der Waals surface area contributed by atoms with Crippen LogP contribution in [0.1, 0.15) is 56.5 Å². The van der Waals surface area contributed by atoms with Crippen LogP contribution in [0.2, 0.25) is 0 Å². The monoisotopic (exact) mass is 693 g/mol. The molecule has 8 atom stereocenters. The van der Waals surface area contributed by atoms with E-state index in [-0.39, 0.29) is 36.4 Å². The highest BCUT2D eigenvalue weighted by atomic mass is 16.7. The predicted octanol–water partition coefficient (Wildman–Crippen LogP) is 3.72. The van der Waals surface area contributed by atoms with Gasteiger partial charge in [0, 0.05) is 68.6 Å². The summed E-state index contributed by atoms with van der Waals surface area (Å²) in [6.07, 6.45) is 0.506. The Bertz CT molecular complexity index is 1530. The van der Waals surface area contributed by atoms with E-state index in [1.54, 1.807) is 24.0 Å². The van der Waals surface area contributed by atoms with Crippen LogP contribution in [0.25, 0.3) is 11.1 Å². The fourth-order valence-corrected chi connectivity index (χ4v) is 8.65. The summed E-state index contributed by atoms with van der Waals surface area (Å²) in [4.78, 5) is 39.8. The number of nitrogens with one attached hydrogen (secondary N) is 1. The van der Waals surface area contributed by atoms with Crippen LogP contribution in [-0.2, 0) is 16.2 Å².